The van der Waals surface area contributed by atoms with Crippen LogP contribution in [0.15, 0.2) is 53.7 Å². The highest BCUT2D eigenvalue weighted by molar-refractivity contribution is 8.00. The van der Waals surface area contributed by atoms with E-state index in [1.807, 2.05) is 34.9 Å². The second-order valence-corrected chi connectivity index (χ2v) is 8.37. The van der Waals surface area contributed by atoms with Gasteiger partial charge in [-0.15, -0.1) is 0 Å². The Balaban J connectivity index is 1.88. The van der Waals surface area contributed by atoms with E-state index < -0.39 is 17.0 Å². The first-order valence-corrected chi connectivity index (χ1v) is 10.7. The number of nitrogens with zero attached hydrogens (tertiary/aromatic N) is 2. The first-order valence-electron chi connectivity index (χ1n) is 9.84. The predicted molar refractivity (Wildman–Crippen MR) is 115 cm³/mol. The Morgan fingerprint density at radius 2 is 1.97 bits per heavy atom. The van der Waals surface area contributed by atoms with Crippen molar-refractivity contribution in [3.63, 3.8) is 0 Å². The SMILES string of the molecule is COCCCNC(=O)C(C)Sc1nc2cc(C(F)(F)F)ccc2n1Cc1ccccc1. The number of alkyl halides is 3. The third-order valence-electron chi connectivity index (χ3n) is 4.70. The number of carbonyl (C=O) groups is 1. The Kier molecular flexibility index (Phi) is 7.61. The summed E-state index contributed by atoms with van der Waals surface area (Å²) < 4.78 is 46.3. The molecule has 31 heavy (non-hydrogen) atoms. The summed E-state index contributed by atoms with van der Waals surface area (Å²) in [7, 11) is 1.60. The van der Waals surface area contributed by atoms with Gasteiger partial charge < -0.3 is 14.6 Å². The molecular weight excluding hydrogens is 427 g/mol. The summed E-state index contributed by atoms with van der Waals surface area (Å²) in [6, 6.07) is 13.1. The molecule has 0 radical (unpaired) electrons. The number of halogens is 3. The lowest BCUT2D eigenvalue weighted by Crippen LogP contribution is -2.32. The quantitative estimate of drug-likeness (QED) is 0.377. The topological polar surface area (TPSA) is 56.1 Å². The Morgan fingerprint density at radius 3 is 2.65 bits per heavy atom. The molecule has 3 rings (SSSR count). The van der Waals surface area contributed by atoms with E-state index in [9.17, 15) is 18.0 Å². The molecule has 1 amide bonds. The molecule has 166 valence electrons. The highest BCUT2D eigenvalue weighted by Crippen LogP contribution is 2.34. The van der Waals surface area contributed by atoms with Crippen LogP contribution in [0.3, 0.4) is 0 Å². The fourth-order valence-electron chi connectivity index (χ4n) is 3.08. The standard InChI is InChI=1S/C22H24F3N3O2S/c1-15(20(29)26-11-6-12-30-2)31-21-27-18-13-17(22(23,24)25)9-10-19(18)28(21)14-16-7-4-3-5-8-16/h3-5,7-10,13,15H,6,11-12,14H2,1-2H3,(H,26,29). The van der Waals surface area contributed by atoms with Crippen LogP contribution in [0.5, 0.6) is 0 Å². The molecule has 5 nitrogen and oxygen atoms in total. The van der Waals surface area contributed by atoms with E-state index in [1.165, 1.54) is 17.8 Å². The van der Waals surface area contributed by atoms with E-state index in [2.05, 4.69) is 10.3 Å². The minimum atomic E-state index is -4.44. The van der Waals surface area contributed by atoms with Crippen LogP contribution in [0.4, 0.5) is 13.2 Å². The lowest BCUT2D eigenvalue weighted by Gasteiger charge is -2.14. The van der Waals surface area contributed by atoms with Gasteiger partial charge in [0.05, 0.1) is 28.4 Å². The number of aromatic nitrogens is 2. The number of benzene rings is 2. The Bertz CT molecular complexity index is 1020. The number of ether oxygens (including phenoxy) is 1. The summed E-state index contributed by atoms with van der Waals surface area (Å²) in [6.07, 6.45) is -3.74. The number of thioether (sulfide) groups is 1. The van der Waals surface area contributed by atoms with Gasteiger partial charge in [0.15, 0.2) is 5.16 Å². The maximum Gasteiger partial charge on any atom is 0.416 e. The molecule has 1 unspecified atom stereocenters. The average molecular weight is 452 g/mol. The van der Waals surface area contributed by atoms with Crippen LogP contribution in [-0.2, 0) is 22.3 Å². The normalized spacial score (nSPS) is 12.8. The molecule has 0 fully saturated rings. The van der Waals surface area contributed by atoms with E-state index in [0.29, 0.717) is 36.8 Å². The third kappa shape index (κ3) is 6.01. The van der Waals surface area contributed by atoms with Crippen LogP contribution < -0.4 is 5.32 Å². The van der Waals surface area contributed by atoms with Crippen molar-refractivity contribution in [1.82, 2.24) is 14.9 Å². The van der Waals surface area contributed by atoms with Crippen molar-refractivity contribution < 1.29 is 22.7 Å². The van der Waals surface area contributed by atoms with Crippen LogP contribution in [0.1, 0.15) is 24.5 Å². The Hall–Kier alpha value is -2.52. The fraction of sp³-hybridized carbons (Fsp3) is 0.364. The van der Waals surface area contributed by atoms with Crippen LogP contribution in [0, 0.1) is 0 Å². The van der Waals surface area contributed by atoms with Crippen LogP contribution in [-0.4, -0.2) is 41.0 Å². The molecule has 0 aliphatic heterocycles. The molecule has 3 aromatic rings. The van der Waals surface area contributed by atoms with E-state index >= 15 is 0 Å². The van der Waals surface area contributed by atoms with E-state index in [1.54, 1.807) is 14.0 Å². The van der Waals surface area contributed by atoms with Crippen LogP contribution >= 0.6 is 11.8 Å². The zero-order valence-electron chi connectivity index (χ0n) is 17.3. The summed E-state index contributed by atoms with van der Waals surface area (Å²) in [5.41, 5.74) is 1.08. The molecule has 0 saturated heterocycles. The molecule has 1 aromatic heterocycles. The molecule has 9 heteroatoms. The highest BCUT2D eigenvalue weighted by atomic mass is 32.2. The third-order valence-corrected chi connectivity index (χ3v) is 5.79. The number of amides is 1. The second-order valence-electron chi connectivity index (χ2n) is 7.06. The van der Waals surface area contributed by atoms with Crippen LogP contribution in [0.25, 0.3) is 11.0 Å². The summed E-state index contributed by atoms with van der Waals surface area (Å²) in [4.78, 5) is 16.9. The highest BCUT2D eigenvalue weighted by Gasteiger charge is 2.31. The average Bonchev–Trinajstić information content (AvgIpc) is 3.07. The number of carbonyl (C=O) groups excluding carboxylic acids is 1. The van der Waals surface area contributed by atoms with Gasteiger partial charge in [0.25, 0.3) is 0 Å². The number of imidazole rings is 1. The number of methoxy groups -OCH3 is 1. The molecule has 2 aromatic carbocycles. The zero-order chi connectivity index (χ0) is 22.4. The number of nitrogens with one attached hydrogen (secondary N) is 1. The maximum atomic E-state index is 13.2. The second kappa shape index (κ2) is 10.2. The molecule has 0 aliphatic carbocycles. The van der Waals surface area contributed by atoms with Crippen molar-refractivity contribution in [2.75, 3.05) is 20.3 Å². The molecular formula is C22H24F3N3O2S. The van der Waals surface area contributed by atoms with Gasteiger partial charge >= 0.3 is 6.18 Å². The molecule has 0 saturated carbocycles. The molecule has 1 N–H and O–H groups in total. The first kappa shape index (κ1) is 23.1. The summed E-state index contributed by atoms with van der Waals surface area (Å²) in [5, 5.41) is 2.88. The summed E-state index contributed by atoms with van der Waals surface area (Å²) in [5.74, 6) is -0.157. The van der Waals surface area contributed by atoms with Crippen molar-refractivity contribution in [3.05, 3.63) is 59.7 Å². The molecule has 1 atom stereocenters. The molecule has 0 bridgehead atoms. The summed E-state index contributed by atoms with van der Waals surface area (Å²) in [6.45, 7) is 3.24. The minimum absolute atomic E-state index is 0.157. The van der Waals surface area contributed by atoms with Gasteiger partial charge in [0, 0.05) is 20.3 Å². The van der Waals surface area contributed by atoms with E-state index in [-0.39, 0.29) is 11.4 Å². The van der Waals surface area contributed by atoms with E-state index in [0.717, 1.165) is 17.7 Å². The summed E-state index contributed by atoms with van der Waals surface area (Å²) >= 11 is 1.23. The smallest absolute Gasteiger partial charge is 0.385 e. The maximum absolute atomic E-state index is 13.2. The van der Waals surface area contributed by atoms with Crippen molar-refractivity contribution in [2.45, 2.75) is 36.5 Å². The number of hydrogen-bond donors (Lipinski definition) is 1. The molecule has 0 aliphatic rings. The van der Waals surface area contributed by atoms with Gasteiger partial charge in [0.2, 0.25) is 5.91 Å². The first-order chi connectivity index (χ1) is 14.8. The Labute approximate surface area is 183 Å². The number of rotatable bonds is 9. The lowest BCUT2D eigenvalue weighted by atomic mass is 10.2. The number of fused-ring (bicyclic) bond motifs is 1. The fourth-order valence-corrected chi connectivity index (χ4v) is 4.02. The lowest BCUT2D eigenvalue weighted by molar-refractivity contribution is -0.137. The van der Waals surface area contributed by atoms with Gasteiger partial charge in [-0.05, 0) is 37.1 Å². The van der Waals surface area contributed by atoms with Crippen LogP contribution in [0.2, 0.25) is 0 Å². The van der Waals surface area contributed by atoms with Gasteiger partial charge in [0.1, 0.15) is 0 Å². The van der Waals surface area contributed by atoms with Crippen molar-refractivity contribution in [3.8, 4) is 0 Å². The monoisotopic (exact) mass is 451 g/mol. The predicted octanol–water partition coefficient (Wildman–Crippen LogP) is 4.74. The largest absolute Gasteiger partial charge is 0.416 e. The van der Waals surface area contributed by atoms with Gasteiger partial charge in [-0.2, -0.15) is 13.2 Å². The number of hydrogen-bond acceptors (Lipinski definition) is 4. The van der Waals surface area contributed by atoms with Crippen molar-refractivity contribution in [1.29, 1.82) is 0 Å². The Morgan fingerprint density at radius 1 is 1.23 bits per heavy atom. The van der Waals surface area contributed by atoms with E-state index in [4.69, 9.17) is 4.74 Å². The van der Waals surface area contributed by atoms with Gasteiger partial charge in [-0.1, -0.05) is 42.1 Å². The van der Waals surface area contributed by atoms with Crippen molar-refractivity contribution in [2.24, 2.45) is 0 Å². The van der Waals surface area contributed by atoms with Gasteiger partial charge in [-0.25, -0.2) is 4.98 Å². The van der Waals surface area contributed by atoms with Crippen molar-refractivity contribution >= 4 is 28.7 Å². The zero-order valence-corrected chi connectivity index (χ0v) is 18.1. The molecule has 0 spiro atoms. The molecule has 1 heterocycles. The minimum Gasteiger partial charge on any atom is -0.385 e. The van der Waals surface area contributed by atoms with Gasteiger partial charge in [-0.3, -0.25) is 4.79 Å².